The fraction of sp³-hybridized carbons (Fsp3) is 0.294. The summed E-state index contributed by atoms with van der Waals surface area (Å²) in [6, 6.07) is 13.4. The second-order valence-electron chi connectivity index (χ2n) is 5.71. The van der Waals surface area contributed by atoms with Crippen LogP contribution < -0.4 is 5.32 Å². The number of rotatable bonds is 6. The van der Waals surface area contributed by atoms with E-state index in [9.17, 15) is 0 Å². The minimum Gasteiger partial charge on any atom is -0.304 e. The van der Waals surface area contributed by atoms with Gasteiger partial charge in [-0.3, -0.25) is 0 Å². The fourth-order valence-corrected chi connectivity index (χ4v) is 4.92. The summed E-state index contributed by atoms with van der Waals surface area (Å²) >= 11 is 5.49. The lowest BCUT2D eigenvalue weighted by molar-refractivity contribution is 0.456. The van der Waals surface area contributed by atoms with Crippen molar-refractivity contribution < 1.29 is 0 Å². The minimum absolute atomic E-state index is 0.154. The molecule has 21 heavy (non-hydrogen) atoms. The highest BCUT2D eigenvalue weighted by molar-refractivity contribution is 7.11. The maximum Gasteiger partial charge on any atom is 0.0765 e. The molecular weight excluding hydrogens is 314 g/mol. The van der Waals surface area contributed by atoms with Gasteiger partial charge in [-0.05, 0) is 34.3 Å². The van der Waals surface area contributed by atoms with E-state index in [-0.39, 0.29) is 5.41 Å². The number of nitrogens with one attached hydrogen (secondary N) is 1. The SMILES string of the molecule is CC(C)(CNC(c1cccs1)c1cccs1)c1cccs1. The quantitative estimate of drug-likeness (QED) is 0.625. The standard InChI is InChI=1S/C17H19NS3/c1-17(2,15-8-5-11-21-15)12-18-16(13-6-3-9-19-13)14-7-4-10-20-14/h3-11,16,18H,12H2,1-2H3. The molecule has 0 amide bonds. The summed E-state index contributed by atoms with van der Waals surface area (Å²) in [6.07, 6.45) is 0. The predicted octanol–water partition coefficient (Wildman–Crippen LogP) is 5.53. The van der Waals surface area contributed by atoms with Crippen molar-refractivity contribution in [1.29, 1.82) is 0 Å². The molecule has 4 heteroatoms. The van der Waals surface area contributed by atoms with Crippen LogP contribution in [0.5, 0.6) is 0 Å². The zero-order valence-electron chi connectivity index (χ0n) is 12.2. The molecule has 3 rings (SSSR count). The van der Waals surface area contributed by atoms with E-state index in [4.69, 9.17) is 0 Å². The van der Waals surface area contributed by atoms with E-state index in [0.717, 1.165) is 6.54 Å². The highest BCUT2D eigenvalue weighted by atomic mass is 32.1. The molecule has 0 saturated heterocycles. The lowest BCUT2D eigenvalue weighted by atomic mass is 9.91. The topological polar surface area (TPSA) is 12.0 Å². The van der Waals surface area contributed by atoms with Crippen molar-refractivity contribution in [3.63, 3.8) is 0 Å². The number of thiophene rings is 3. The van der Waals surface area contributed by atoms with Gasteiger partial charge in [-0.2, -0.15) is 0 Å². The van der Waals surface area contributed by atoms with Gasteiger partial charge in [0.1, 0.15) is 0 Å². The second kappa shape index (κ2) is 6.44. The Balaban J connectivity index is 1.77. The Labute approximate surface area is 138 Å². The van der Waals surface area contributed by atoms with Crippen LogP contribution >= 0.6 is 34.0 Å². The summed E-state index contributed by atoms with van der Waals surface area (Å²) in [5.74, 6) is 0. The summed E-state index contributed by atoms with van der Waals surface area (Å²) in [7, 11) is 0. The van der Waals surface area contributed by atoms with E-state index in [1.54, 1.807) is 0 Å². The Bertz CT molecular complexity index is 602. The van der Waals surface area contributed by atoms with Crippen molar-refractivity contribution in [2.45, 2.75) is 25.3 Å². The molecule has 0 saturated carbocycles. The van der Waals surface area contributed by atoms with Crippen LogP contribution in [0.4, 0.5) is 0 Å². The van der Waals surface area contributed by atoms with Gasteiger partial charge < -0.3 is 5.32 Å². The Kier molecular flexibility index (Phi) is 4.60. The van der Waals surface area contributed by atoms with Crippen LogP contribution in [0, 0.1) is 0 Å². The van der Waals surface area contributed by atoms with Crippen LogP contribution in [-0.4, -0.2) is 6.54 Å². The third kappa shape index (κ3) is 3.46. The monoisotopic (exact) mass is 333 g/mol. The molecule has 0 fully saturated rings. The normalized spacial score (nSPS) is 12.1. The van der Waals surface area contributed by atoms with Gasteiger partial charge >= 0.3 is 0 Å². The van der Waals surface area contributed by atoms with Crippen LogP contribution in [0.15, 0.2) is 52.5 Å². The Morgan fingerprint density at radius 1 is 0.905 bits per heavy atom. The summed E-state index contributed by atoms with van der Waals surface area (Å²) < 4.78 is 0. The van der Waals surface area contributed by atoms with Gasteiger partial charge in [-0.25, -0.2) is 0 Å². The van der Waals surface area contributed by atoms with Crippen LogP contribution in [0.2, 0.25) is 0 Å². The van der Waals surface area contributed by atoms with Crippen molar-refractivity contribution >= 4 is 34.0 Å². The summed E-state index contributed by atoms with van der Waals surface area (Å²) in [4.78, 5) is 4.21. The first-order valence-corrected chi connectivity index (χ1v) is 9.65. The molecule has 3 aromatic heterocycles. The molecule has 0 radical (unpaired) electrons. The molecular formula is C17H19NS3. The molecule has 0 atom stereocenters. The highest BCUT2D eigenvalue weighted by Gasteiger charge is 2.24. The van der Waals surface area contributed by atoms with E-state index >= 15 is 0 Å². The first-order valence-electron chi connectivity index (χ1n) is 7.01. The van der Waals surface area contributed by atoms with E-state index < -0.39 is 0 Å². The van der Waals surface area contributed by atoms with E-state index in [2.05, 4.69) is 71.7 Å². The summed E-state index contributed by atoms with van der Waals surface area (Å²) in [6.45, 7) is 5.59. The maximum atomic E-state index is 3.78. The van der Waals surface area contributed by atoms with Gasteiger partial charge in [-0.15, -0.1) is 34.0 Å². The van der Waals surface area contributed by atoms with Crippen molar-refractivity contribution in [2.24, 2.45) is 0 Å². The lowest BCUT2D eigenvalue weighted by Gasteiger charge is -2.27. The van der Waals surface area contributed by atoms with E-state index in [1.165, 1.54) is 14.6 Å². The van der Waals surface area contributed by atoms with Gasteiger partial charge in [-0.1, -0.05) is 32.0 Å². The third-order valence-corrected chi connectivity index (χ3v) is 6.70. The van der Waals surface area contributed by atoms with Crippen LogP contribution in [0.25, 0.3) is 0 Å². The third-order valence-electron chi connectivity index (χ3n) is 3.59. The van der Waals surface area contributed by atoms with Crippen LogP contribution in [-0.2, 0) is 5.41 Å². The largest absolute Gasteiger partial charge is 0.304 e. The van der Waals surface area contributed by atoms with Gasteiger partial charge in [0.05, 0.1) is 6.04 Å². The molecule has 1 nitrogen and oxygen atoms in total. The number of hydrogen-bond donors (Lipinski definition) is 1. The average Bonchev–Trinajstić information content (AvgIpc) is 3.23. The summed E-state index contributed by atoms with van der Waals surface area (Å²) in [5, 5.41) is 10.3. The Morgan fingerprint density at radius 3 is 1.95 bits per heavy atom. The molecule has 1 N–H and O–H groups in total. The van der Waals surface area contributed by atoms with E-state index in [1.807, 2.05) is 34.0 Å². The van der Waals surface area contributed by atoms with Gasteiger partial charge in [0, 0.05) is 26.6 Å². The van der Waals surface area contributed by atoms with Crippen molar-refractivity contribution in [2.75, 3.05) is 6.54 Å². The van der Waals surface area contributed by atoms with Crippen molar-refractivity contribution in [3.05, 3.63) is 67.2 Å². The zero-order valence-corrected chi connectivity index (χ0v) is 14.7. The molecule has 0 aliphatic carbocycles. The van der Waals surface area contributed by atoms with Crippen molar-refractivity contribution in [3.8, 4) is 0 Å². The first-order chi connectivity index (χ1) is 10.2. The van der Waals surface area contributed by atoms with Gasteiger partial charge in [0.25, 0.3) is 0 Å². The zero-order chi connectivity index (χ0) is 14.7. The molecule has 110 valence electrons. The van der Waals surface area contributed by atoms with Gasteiger partial charge in [0.2, 0.25) is 0 Å². The molecule has 0 unspecified atom stereocenters. The molecule has 3 aromatic rings. The van der Waals surface area contributed by atoms with Crippen molar-refractivity contribution in [1.82, 2.24) is 5.32 Å². The molecule has 0 spiro atoms. The maximum absolute atomic E-state index is 3.78. The summed E-state index contributed by atoms with van der Waals surface area (Å²) in [5.41, 5.74) is 0.154. The van der Waals surface area contributed by atoms with E-state index in [0.29, 0.717) is 6.04 Å². The predicted molar refractivity (Wildman–Crippen MR) is 95.8 cm³/mol. The lowest BCUT2D eigenvalue weighted by Crippen LogP contribution is -2.34. The molecule has 0 aliphatic heterocycles. The molecule has 0 bridgehead atoms. The Hall–Kier alpha value is -0.940. The minimum atomic E-state index is 0.154. The van der Waals surface area contributed by atoms with Gasteiger partial charge in [0.15, 0.2) is 0 Å². The fourth-order valence-electron chi connectivity index (χ4n) is 2.36. The Morgan fingerprint density at radius 2 is 1.48 bits per heavy atom. The molecule has 3 heterocycles. The highest BCUT2D eigenvalue weighted by Crippen LogP contribution is 2.32. The molecule has 0 aliphatic rings. The smallest absolute Gasteiger partial charge is 0.0765 e. The van der Waals surface area contributed by atoms with Crippen LogP contribution in [0.1, 0.15) is 34.5 Å². The average molecular weight is 334 g/mol. The number of hydrogen-bond acceptors (Lipinski definition) is 4. The second-order valence-corrected chi connectivity index (χ2v) is 8.61. The molecule has 0 aromatic carbocycles. The first kappa shape index (κ1) is 15.0. The van der Waals surface area contributed by atoms with Crippen LogP contribution in [0.3, 0.4) is 0 Å².